The zero-order valence-corrected chi connectivity index (χ0v) is 16.5. The van der Waals surface area contributed by atoms with Crippen LogP contribution in [0.15, 0.2) is 29.2 Å². The lowest BCUT2D eigenvalue weighted by molar-refractivity contribution is -0.936. The minimum absolute atomic E-state index is 0.147. The Morgan fingerprint density at radius 3 is 2.28 bits per heavy atom. The number of nitrogens with zero attached hydrogens (tertiary/aromatic N) is 1. The summed E-state index contributed by atoms with van der Waals surface area (Å²) in [6.07, 6.45) is 8.86. The molecule has 1 rings (SSSR count). The van der Waals surface area contributed by atoms with Crippen molar-refractivity contribution in [3.05, 3.63) is 24.3 Å². The first-order chi connectivity index (χ1) is 11.8. The number of benzene rings is 1. The summed E-state index contributed by atoms with van der Waals surface area (Å²) in [6.45, 7) is 3.36. The maximum atomic E-state index is 11.3. The monoisotopic (exact) mass is 373 g/mol. The smallest absolute Gasteiger partial charge is 0.298 e. The quantitative estimate of drug-likeness (QED) is 0.182. The molecule has 0 radical (unpaired) electrons. The lowest BCUT2D eigenvalue weighted by Gasteiger charge is -2.29. The van der Waals surface area contributed by atoms with Crippen LogP contribution >= 0.6 is 0 Å². The van der Waals surface area contributed by atoms with Gasteiger partial charge >= 0.3 is 0 Å². The van der Waals surface area contributed by atoms with E-state index in [-0.39, 0.29) is 17.4 Å². The van der Waals surface area contributed by atoms with Gasteiger partial charge in [-0.1, -0.05) is 51.2 Å². The largest absolute Gasteiger partial charge is 0.472 e. The van der Waals surface area contributed by atoms with E-state index < -0.39 is 10.1 Å². The maximum absolute atomic E-state index is 11.3. The molecule has 7 heteroatoms. The molecule has 0 bridgehead atoms. The molecule has 0 aromatic heterocycles. The minimum Gasteiger partial charge on any atom is -0.472 e. The number of ether oxygens (including phenoxy) is 1. The van der Waals surface area contributed by atoms with Crippen LogP contribution in [-0.2, 0) is 10.1 Å². The first-order valence-corrected chi connectivity index (χ1v) is 10.5. The normalized spacial score (nSPS) is 12.3. The van der Waals surface area contributed by atoms with Gasteiger partial charge in [-0.05, 0) is 25.0 Å². The lowest BCUT2D eigenvalue weighted by Crippen LogP contribution is -2.53. The molecule has 1 aromatic rings. The minimum atomic E-state index is -4.28. The number of hydrogen-bond donors (Lipinski definition) is 2. The lowest BCUT2D eigenvalue weighted by atomic mass is 10.1. The zero-order chi connectivity index (χ0) is 18.8. The van der Waals surface area contributed by atoms with Crippen LogP contribution in [0.4, 0.5) is 0 Å². The van der Waals surface area contributed by atoms with E-state index in [1.807, 2.05) is 0 Å². The van der Waals surface area contributed by atoms with Crippen molar-refractivity contribution in [2.24, 2.45) is 0 Å². The summed E-state index contributed by atoms with van der Waals surface area (Å²) in [5.41, 5.74) is 3.24. The molecule has 0 saturated heterocycles. The Bertz CT molecular complexity index is 603. The van der Waals surface area contributed by atoms with Crippen molar-refractivity contribution in [1.82, 2.24) is 5.43 Å². The van der Waals surface area contributed by atoms with Gasteiger partial charge in [0.25, 0.3) is 10.1 Å². The summed E-state index contributed by atoms with van der Waals surface area (Å²) in [5, 5.41) is 0. The van der Waals surface area contributed by atoms with Crippen molar-refractivity contribution in [1.29, 1.82) is 0 Å². The fourth-order valence-electron chi connectivity index (χ4n) is 2.61. The standard InChI is InChI=1S/C18H32N2O4S/c1-4-5-6-7-8-9-12-15-20(2,3)19-16-24-17-13-10-11-14-18(17)25(21,22)23/h10-11,13-14,19H,4-9,12,15-16H2,1-3H3/p+1. The van der Waals surface area contributed by atoms with Crippen LogP contribution in [0.3, 0.4) is 0 Å². The highest BCUT2D eigenvalue weighted by molar-refractivity contribution is 7.86. The number of hydrogen-bond acceptors (Lipinski definition) is 4. The van der Waals surface area contributed by atoms with E-state index in [1.54, 1.807) is 12.1 Å². The summed E-state index contributed by atoms with van der Waals surface area (Å²) in [4.78, 5) is -0.214. The first kappa shape index (κ1) is 21.9. The van der Waals surface area contributed by atoms with Crippen molar-refractivity contribution in [3.63, 3.8) is 0 Å². The van der Waals surface area contributed by atoms with Gasteiger partial charge in [0.2, 0.25) is 0 Å². The molecular weight excluding hydrogens is 340 g/mol. The average molecular weight is 374 g/mol. The van der Waals surface area contributed by atoms with E-state index in [0.717, 1.165) is 13.0 Å². The van der Waals surface area contributed by atoms with Crippen LogP contribution in [0.25, 0.3) is 0 Å². The molecule has 25 heavy (non-hydrogen) atoms. The topological polar surface area (TPSA) is 75.6 Å². The molecule has 0 aliphatic rings. The summed E-state index contributed by atoms with van der Waals surface area (Å²) >= 11 is 0. The molecule has 0 aliphatic carbocycles. The van der Waals surface area contributed by atoms with Gasteiger partial charge in [0, 0.05) is 0 Å². The Hall–Kier alpha value is -1.15. The summed E-state index contributed by atoms with van der Waals surface area (Å²) in [7, 11) is -0.183. The van der Waals surface area contributed by atoms with Crippen molar-refractivity contribution in [3.8, 4) is 5.75 Å². The molecule has 0 fully saturated rings. The number of nitrogens with one attached hydrogen (secondary N) is 1. The van der Waals surface area contributed by atoms with Gasteiger partial charge in [-0.15, -0.1) is 5.43 Å². The van der Waals surface area contributed by atoms with Crippen molar-refractivity contribution < 1.29 is 22.3 Å². The van der Waals surface area contributed by atoms with Crippen molar-refractivity contribution >= 4 is 10.1 Å². The van der Waals surface area contributed by atoms with E-state index >= 15 is 0 Å². The molecule has 2 N–H and O–H groups in total. The molecular formula is C18H33N2O4S+. The molecule has 0 atom stereocenters. The molecule has 6 nitrogen and oxygen atoms in total. The van der Waals surface area contributed by atoms with Crippen molar-refractivity contribution in [2.75, 3.05) is 27.4 Å². The highest BCUT2D eigenvalue weighted by atomic mass is 32.2. The van der Waals surface area contributed by atoms with Gasteiger partial charge in [0.15, 0.2) is 6.73 Å². The molecule has 0 amide bonds. The molecule has 0 unspecified atom stereocenters. The zero-order valence-electron chi connectivity index (χ0n) is 15.7. The first-order valence-electron chi connectivity index (χ1n) is 9.04. The Morgan fingerprint density at radius 1 is 1.04 bits per heavy atom. The van der Waals surface area contributed by atoms with E-state index in [1.165, 1.54) is 50.7 Å². The fraction of sp³-hybridized carbons (Fsp3) is 0.667. The molecule has 0 saturated carbocycles. The number of rotatable bonds is 13. The SMILES string of the molecule is CCCCCCCCC[N+](C)(C)NCOc1ccccc1S(=O)(=O)O. The van der Waals surface area contributed by atoms with Crippen LogP contribution in [-0.4, -0.2) is 44.9 Å². The third-order valence-corrected chi connectivity index (χ3v) is 5.06. The Kier molecular flexibility index (Phi) is 9.42. The predicted molar refractivity (Wildman–Crippen MR) is 99.9 cm³/mol. The van der Waals surface area contributed by atoms with Gasteiger partial charge in [-0.2, -0.15) is 8.42 Å². The third-order valence-electron chi connectivity index (χ3n) is 4.17. The number of quaternary nitrogens is 1. The molecule has 0 aliphatic heterocycles. The van der Waals surface area contributed by atoms with Gasteiger partial charge in [-0.25, -0.2) is 4.59 Å². The average Bonchev–Trinajstić information content (AvgIpc) is 2.53. The Labute approximate surface area is 152 Å². The Morgan fingerprint density at radius 2 is 1.64 bits per heavy atom. The fourth-order valence-corrected chi connectivity index (χ4v) is 3.24. The van der Waals surface area contributed by atoms with Crippen LogP contribution in [0.5, 0.6) is 5.75 Å². The molecule has 0 spiro atoms. The highest BCUT2D eigenvalue weighted by Crippen LogP contribution is 2.22. The predicted octanol–water partition coefficient (Wildman–Crippen LogP) is 3.60. The second-order valence-corrected chi connectivity index (χ2v) is 8.29. The highest BCUT2D eigenvalue weighted by Gasteiger charge is 2.18. The van der Waals surface area contributed by atoms with E-state index in [0.29, 0.717) is 4.59 Å². The van der Waals surface area contributed by atoms with Crippen LogP contribution in [0.2, 0.25) is 0 Å². The molecule has 144 valence electrons. The van der Waals surface area contributed by atoms with Gasteiger partial charge in [0.1, 0.15) is 10.6 Å². The van der Waals surface area contributed by atoms with Crippen molar-refractivity contribution in [2.45, 2.75) is 56.8 Å². The number of para-hydroxylation sites is 1. The summed E-state index contributed by atoms with van der Waals surface area (Å²) < 4.78 is 38.0. The van der Waals surface area contributed by atoms with Crippen LogP contribution in [0, 0.1) is 0 Å². The number of unbranched alkanes of at least 4 members (excludes halogenated alkanes) is 6. The van der Waals surface area contributed by atoms with Gasteiger partial charge in [-0.3, -0.25) is 4.55 Å². The van der Waals surface area contributed by atoms with E-state index in [2.05, 4.69) is 26.4 Å². The van der Waals surface area contributed by atoms with E-state index in [9.17, 15) is 13.0 Å². The second-order valence-electron chi connectivity index (χ2n) is 6.90. The van der Waals surface area contributed by atoms with Crippen LogP contribution in [0.1, 0.15) is 51.9 Å². The Balaban J connectivity index is 2.33. The second kappa shape index (κ2) is 10.8. The maximum Gasteiger partial charge on any atom is 0.298 e. The molecule has 1 aromatic carbocycles. The third kappa shape index (κ3) is 9.21. The molecule has 0 heterocycles. The van der Waals surface area contributed by atoms with Gasteiger partial charge in [0.05, 0.1) is 20.6 Å². The van der Waals surface area contributed by atoms with Gasteiger partial charge < -0.3 is 4.74 Å². The van der Waals surface area contributed by atoms with E-state index in [4.69, 9.17) is 4.74 Å². The summed E-state index contributed by atoms with van der Waals surface area (Å²) in [5.74, 6) is 0.147. The van der Waals surface area contributed by atoms with Crippen LogP contribution < -0.4 is 10.2 Å². The summed E-state index contributed by atoms with van der Waals surface area (Å²) in [6, 6.07) is 6.07.